The van der Waals surface area contributed by atoms with Crippen LogP contribution in [0.2, 0.25) is 0 Å². The van der Waals surface area contributed by atoms with Crippen LogP contribution in [0.3, 0.4) is 0 Å². The quantitative estimate of drug-likeness (QED) is 0.671. The molecule has 0 aromatic carbocycles. The molecule has 1 aliphatic carbocycles. The maximum atomic E-state index is 5.41. The van der Waals surface area contributed by atoms with Gasteiger partial charge in [-0.25, -0.2) is 9.97 Å². The molecule has 76 valence electrons. The third-order valence-corrected chi connectivity index (χ3v) is 2.53. The predicted octanol–water partition coefficient (Wildman–Crippen LogP) is 0.412. The maximum Gasteiger partial charge on any atom is 0.218 e. The summed E-state index contributed by atoms with van der Waals surface area (Å²) < 4.78 is 5.22. The fraction of sp³-hybridized carbons (Fsp3) is 0.600. The van der Waals surface area contributed by atoms with Crippen LogP contribution in [0.1, 0.15) is 36.9 Å². The molecule has 0 unspecified atom stereocenters. The topological polar surface area (TPSA) is 35.0 Å². The Balaban J connectivity index is 2.33. The molecule has 0 bridgehead atoms. The summed E-state index contributed by atoms with van der Waals surface area (Å²) in [7, 11) is 16.2. The molecule has 6 heteroatoms. The molecule has 0 spiro atoms. The van der Waals surface area contributed by atoms with Crippen LogP contribution in [-0.4, -0.2) is 38.8 Å². The van der Waals surface area contributed by atoms with Crippen LogP contribution in [0, 0.1) is 0 Å². The van der Waals surface area contributed by atoms with E-state index in [0.717, 1.165) is 17.7 Å². The Hall–Kier alpha value is -0.925. The molecule has 3 nitrogen and oxygen atoms in total. The third-order valence-electron chi connectivity index (χ3n) is 2.53. The van der Waals surface area contributed by atoms with E-state index in [1.165, 1.54) is 19.2 Å². The molecular formula is C10H11B3N2O. The average Bonchev–Trinajstić information content (AvgIpc) is 2.98. The van der Waals surface area contributed by atoms with Gasteiger partial charge in [0.15, 0.2) is 0 Å². The molecule has 1 heterocycles. The lowest BCUT2D eigenvalue weighted by Crippen LogP contribution is -2.38. The van der Waals surface area contributed by atoms with Crippen LogP contribution in [0.25, 0.3) is 0 Å². The van der Waals surface area contributed by atoms with E-state index < -0.39 is 5.30 Å². The number of rotatable bonds is 4. The average molecular weight is 208 g/mol. The van der Waals surface area contributed by atoms with E-state index in [2.05, 4.69) is 9.97 Å². The second kappa shape index (κ2) is 4.15. The normalized spacial score (nSPS) is 16.1. The predicted molar refractivity (Wildman–Crippen MR) is 64.0 cm³/mol. The molecule has 1 aliphatic rings. The van der Waals surface area contributed by atoms with Gasteiger partial charge in [0, 0.05) is 11.5 Å². The van der Waals surface area contributed by atoms with Crippen molar-refractivity contribution in [2.24, 2.45) is 0 Å². The first kappa shape index (κ1) is 11.6. The standard InChI is InChI=1S/C10H11B3N2O/c1-2-7-8(6-3-4-6)14-5-15-9(7)16-10(11,12)13/h5-6H,2-4H2,1H3. The maximum absolute atomic E-state index is 5.41. The molecule has 1 saturated carbocycles. The minimum atomic E-state index is -1.70. The zero-order chi connectivity index (χ0) is 11.8. The first-order chi connectivity index (χ1) is 7.51. The van der Waals surface area contributed by atoms with Crippen molar-refractivity contribution in [3.8, 4) is 5.88 Å². The lowest BCUT2D eigenvalue weighted by atomic mass is 9.52. The van der Waals surface area contributed by atoms with Gasteiger partial charge in [0.1, 0.15) is 29.9 Å². The molecule has 0 saturated heterocycles. The van der Waals surface area contributed by atoms with Gasteiger partial charge in [0.05, 0.1) is 5.69 Å². The molecule has 6 radical (unpaired) electrons. The first-order valence-electron chi connectivity index (χ1n) is 5.40. The summed E-state index contributed by atoms with van der Waals surface area (Å²) in [6, 6.07) is 0. The Labute approximate surface area is 99.6 Å². The van der Waals surface area contributed by atoms with Gasteiger partial charge in [-0.2, -0.15) is 0 Å². The van der Waals surface area contributed by atoms with E-state index >= 15 is 0 Å². The van der Waals surface area contributed by atoms with Gasteiger partial charge in [-0.15, -0.1) is 0 Å². The van der Waals surface area contributed by atoms with Crippen molar-refractivity contribution in [3.63, 3.8) is 0 Å². The Morgan fingerprint density at radius 2 is 2.06 bits per heavy atom. The van der Waals surface area contributed by atoms with Gasteiger partial charge in [-0.1, -0.05) is 6.92 Å². The van der Waals surface area contributed by atoms with Gasteiger partial charge < -0.3 is 4.74 Å². The van der Waals surface area contributed by atoms with Crippen LogP contribution < -0.4 is 4.74 Å². The minimum absolute atomic E-state index is 0.395. The summed E-state index contributed by atoms with van der Waals surface area (Å²) in [5, 5.41) is -1.70. The Morgan fingerprint density at radius 3 is 2.56 bits per heavy atom. The minimum Gasteiger partial charge on any atom is -0.501 e. The van der Waals surface area contributed by atoms with Crippen molar-refractivity contribution in [1.29, 1.82) is 0 Å². The van der Waals surface area contributed by atoms with Crippen LogP contribution in [0.15, 0.2) is 6.33 Å². The Morgan fingerprint density at radius 1 is 1.38 bits per heavy atom. The van der Waals surface area contributed by atoms with Gasteiger partial charge >= 0.3 is 0 Å². The van der Waals surface area contributed by atoms with Gasteiger partial charge in [0.25, 0.3) is 0 Å². The van der Waals surface area contributed by atoms with Crippen molar-refractivity contribution in [3.05, 3.63) is 17.6 Å². The second-order valence-electron chi connectivity index (χ2n) is 4.13. The number of hydrogen-bond donors (Lipinski definition) is 0. The number of hydrogen-bond acceptors (Lipinski definition) is 3. The van der Waals surface area contributed by atoms with E-state index in [9.17, 15) is 0 Å². The van der Waals surface area contributed by atoms with E-state index in [0.29, 0.717) is 11.8 Å². The molecule has 0 amide bonds. The van der Waals surface area contributed by atoms with Crippen LogP contribution in [0.4, 0.5) is 0 Å². The molecular weight excluding hydrogens is 197 g/mol. The van der Waals surface area contributed by atoms with E-state index in [1.54, 1.807) is 0 Å². The first-order valence-corrected chi connectivity index (χ1v) is 5.40. The van der Waals surface area contributed by atoms with Crippen LogP contribution in [-0.2, 0) is 6.42 Å². The van der Waals surface area contributed by atoms with Gasteiger partial charge in [0.2, 0.25) is 5.88 Å². The van der Waals surface area contributed by atoms with E-state index in [1.807, 2.05) is 6.92 Å². The Kier molecular flexibility index (Phi) is 3.00. The van der Waals surface area contributed by atoms with Gasteiger partial charge in [-0.3, -0.25) is 0 Å². The summed E-state index contributed by atoms with van der Waals surface area (Å²) in [5.74, 6) is 0.926. The number of ether oxygens (including phenoxy) is 1. The highest BCUT2D eigenvalue weighted by Crippen LogP contribution is 2.42. The van der Waals surface area contributed by atoms with Gasteiger partial charge in [-0.05, 0) is 24.6 Å². The monoisotopic (exact) mass is 208 g/mol. The summed E-state index contributed by atoms with van der Waals surface area (Å²) in [6.07, 6.45) is 4.58. The molecule has 16 heavy (non-hydrogen) atoms. The van der Waals surface area contributed by atoms with Crippen LogP contribution in [0.5, 0.6) is 5.88 Å². The summed E-state index contributed by atoms with van der Waals surface area (Å²) in [5.41, 5.74) is 1.99. The van der Waals surface area contributed by atoms with Crippen molar-refractivity contribution in [2.75, 3.05) is 0 Å². The lowest BCUT2D eigenvalue weighted by Gasteiger charge is -2.24. The van der Waals surface area contributed by atoms with E-state index in [4.69, 9.17) is 28.3 Å². The fourth-order valence-electron chi connectivity index (χ4n) is 1.71. The van der Waals surface area contributed by atoms with Crippen LogP contribution >= 0.6 is 0 Å². The van der Waals surface area contributed by atoms with E-state index in [-0.39, 0.29) is 0 Å². The largest absolute Gasteiger partial charge is 0.501 e. The highest BCUT2D eigenvalue weighted by atomic mass is 16.5. The molecule has 0 aliphatic heterocycles. The summed E-state index contributed by atoms with van der Waals surface area (Å²) in [4.78, 5) is 8.32. The molecule has 1 aromatic heterocycles. The SMILES string of the molecule is [B]C([B])([B])Oc1ncnc(C2CC2)c1CC. The van der Waals surface area contributed by atoms with Crippen molar-refractivity contribution >= 4 is 23.5 Å². The highest BCUT2D eigenvalue weighted by molar-refractivity contribution is 6.58. The fourth-order valence-corrected chi connectivity index (χ4v) is 1.71. The number of aromatic nitrogens is 2. The number of nitrogens with zero attached hydrogens (tertiary/aromatic N) is 2. The van der Waals surface area contributed by atoms with Crippen molar-refractivity contribution < 1.29 is 4.74 Å². The molecule has 1 fully saturated rings. The molecule has 0 N–H and O–H groups in total. The lowest BCUT2D eigenvalue weighted by molar-refractivity contribution is 0.300. The third kappa shape index (κ3) is 2.60. The summed E-state index contributed by atoms with van der Waals surface area (Å²) >= 11 is 0. The highest BCUT2D eigenvalue weighted by Gasteiger charge is 2.29. The Bertz CT molecular complexity index is 388. The second-order valence-corrected chi connectivity index (χ2v) is 4.13. The molecule has 2 rings (SSSR count). The smallest absolute Gasteiger partial charge is 0.218 e. The van der Waals surface area contributed by atoms with Crippen molar-refractivity contribution in [2.45, 2.75) is 37.4 Å². The zero-order valence-corrected chi connectivity index (χ0v) is 9.31. The molecule has 0 atom stereocenters. The zero-order valence-electron chi connectivity index (χ0n) is 9.31. The molecule has 1 aromatic rings. The summed E-state index contributed by atoms with van der Waals surface area (Å²) in [6.45, 7) is 2.02. The van der Waals surface area contributed by atoms with Crippen molar-refractivity contribution in [1.82, 2.24) is 9.97 Å².